The highest BCUT2D eigenvalue weighted by Crippen LogP contribution is 2.34. The Labute approximate surface area is 106 Å². The molecule has 0 aliphatic carbocycles. The molecule has 0 fully saturated rings. The molecule has 1 aromatic rings. The zero-order valence-electron chi connectivity index (χ0n) is 10.8. The van der Waals surface area contributed by atoms with Gasteiger partial charge in [0.15, 0.2) is 17.3 Å². The molecular formula is C14H18O4. The van der Waals surface area contributed by atoms with Crippen molar-refractivity contribution in [3.8, 4) is 11.5 Å². The Hall–Kier alpha value is -1.52. The van der Waals surface area contributed by atoms with Crippen LogP contribution in [0.3, 0.4) is 0 Å². The second-order valence-corrected chi connectivity index (χ2v) is 5.42. The molecule has 2 N–H and O–H groups in total. The highest BCUT2D eigenvalue weighted by atomic mass is 16.7. The van der Waals surface area contributed by atoms with E-state index in [1.54, 1.807) is 39.0 Å². The number of benzene rings is 1. The van der Waals surface area contributed by atoms with Crippen molar-refractivity contribution in [3.63, 3.8) is 0 Å². The molecule has 0 unspecified atom stereocenters. The Bertz CT molecular complexity index is 469. The van der Waals surface area contributed by atoms with Gasteiger partial charge >= 0.3 is 0 Å². The van der Waals surface area contributed by atoms with E-state index in [0.717, 1.165) is 5.56 Å². The minimum Gasteiger partial charge on any atom is -0.454 e. The molecule has 0 atom stereocenters. The van der Waals surface area contributed by atoms with E-state index in [4.69, 9.17) is 9.47 Å². The number of hydrogen-bond donors (Lipinski definition) is 2. The van der Waals surface area contributed by atoms with Crippen molar-refractivity contribution >= 4 is 6.08 Å². The van der Waals surface area contributed by atoms with E-state index in [9.17, 15) is 10.2 Å². The molecule has 4 nitrogen and oxygen atoms in total. The van der Waals surface area contributed by atoms with Crippen LogP contribution in [0.5, 0.6) is 11.5 Å². The molecule has 0 saturated heterocycles. The third kappa shape index (κ3) is 2.49. The highest BCUT2D eigenvalue weighted by Gasteiger charge is 2.35. The number of ether oxygens (including phenoxy) is 2. The van der Waals surface area contributed by atoms with Crippen LogP contribution in [-0.4, -0.2) is 22.8 Å². The van der Waals surface area contributed by atoms with E-state index < -0.39 is 11.2 Å². The van der Waals surface area contributed by atoms with Crippen molar-refractivity contribution in [3.05, 3.63) is 29.8 Å². The molecule has 1 aromatic carbocycles. The zero-order chi connectivity index (χ0) is 13.4. The van der Waals surface area contributed by atoms with Gasteiger partial charge in [-0.1, -0.05) is 32.9 Å². The minimum atomic E-state index is -1.86. The van der Waals surface area contributed by atoms with E-state index in [1.807, 2.05) is 6.07 Å². The summed E-state index contributed by atoms with van der Waals surface area (Å²) in [5.41, 5.74) is 0.177. The van der Waals surface area contributed by atoms with Crippen LogP contribution in [0.15, 0.2) is 24.3 Å². The first-order chi connectivity index (χ1) is 8.29. The summed E-state index contributed by atoms with van der Waals surface area (Å²) in [5.74, 6) is -0.472. The Balaban J connectivity index is 2.19. The van der Waals surface area contributed by atoms with Crippen LogP contribution in [0.25, 0.3) is 6.08 Å². The maximum absolute atomic E-state index is 9.92. The first-order valence-electron chi connectivity index (χ1n) is 5.83. The lowest BCUT2D eigenvalue weighted by Crippen LogP contribution is -2.40. The van der Waals surface area contributed by atoms with Gasteiger partial charge in [-0.2, -0.15) is 0 Å². The van der Waals surface area contributed by atoms with Gasteiger partial charge in [-0.05, 0) is 23.8 Å². The van der Waals surface area contributed by atoms with Crippen LogP contribution >= 0.6 is 0 Å². The summed E-state index contributed by atoms with van der Waals surface area (Å²) in [6, 6.07) is 5.44. The fourth-order valence-corrected chi connectivity index (χ4v) is 1.48. The number of hydrogen-bond acceptors (Lipinski definition) is 4. The van der Waals surface area contributed by atoms with Gasteiger partial charge in [0.1, 0.15) is 0 Å². The van der Waals surface area contributed by atoms with E-state index in [2.05, 4.69) is 0 Å². The summed E-state index contributed by atoms with van der Waals surface area (Å²) < 4.78 is 10.5. The summed E-state index contributed by atoms with van der Waals surface area (Å²) in [6.45, 7) is 5.51. The Morgan fingerprint density at radius 1 is 1.11 bits per heavy atom. The topological polar surface area (TPSA) is 58.9 Å². The van der Waals surface area contributed by atoms with Crippen LogP contribution in [-0.2, 0) is 0 Å². The molecule has 0 radical (unpaired) electrons. The normalized spacial score (nSPS) is 15.4. The van der Waals surface area contributed by atoms with Crippen LogP contribution in [0, 0.1) is 5.41 Å². The Morgan fingerprint density at radius 2 is 1.78 bits per heavy atom. The highest BCUT2D eigenvalue weighted by molar-refractivity contribution is 5.57. The second kappa shape index (κ2) is 4.30. The molecule has 2 rings (SSSR count). The molecular weight excluding hydrogens is 232 g/mol. The molecule has 0 bridgehead atoms. The van der Waals surface area contributed by atoms with Crippen LogP contribution in [0.1, 0.15) is 26.3 Å². The summed E-state index contributed by atoms with van der Waals surface area (Å²) in [6.07, 6.45) is 3.04. The average Bonchev–Trinajstić information content (AvgIpc) is 2.71. The van der Waals surface area contributed by atoms with Crippen molar-refractivity contribution in [1.29, 1.82) is 0 Å². The number of fused-ring (bicyclic) bond motifs is 1. The smallest absolute Gasteiger partial charge is 0.231 e. The maximum atomic E-state index is 9.92. The number of aliphatic hydroxyl groups is 2. The molecule has 1 heterocycles. The molecule has 18 heavy (non-hydrogen) atoms. The molecule has 4 heteroatoms. The molecule has 1 aliphatic rings. The maximum Gasteiger partial charge on any atom is 0.231 e. The summed E-state index contributed by atoms with van der Waals surface area (Å²) in [7, 11) is 0. The van der Waals surface area contributed by atoms with Gasteiger partial charge in [0.25, 0.3) is 0 Å². The summed E-state index contributed by atoms with van der Waals surface area (Å²) >= 11 is 0. The third-order valence-corrected chi connectivity index (χ3v) is 3.01. The van der Waals surface area contributed by atoms with Crippen LogP contribution in [0.4, 0.5) is 0 Å². The van der Waals surface area contributed by atoms with Crippen LogP contribution in [0.2, 0.25) is 0 Å². The Kier molecular flexibility index (Phi) is 3.09. The number of rotatable bonds is 2. The molecule has 1 aliphatic heterocycles. The van der Waals surface area contributed by atoms with Gasteiger partial charge in [-0.3, -0.25) is 0 Å². The standard InChI is InChI=1S/C14H18O4/c1-13(2,3)14(15,16)7-6-10-4-5-11-12(8-10)18-9-17-11/h4-8,15-16H,9H2,1-3H3/b7-6+. The summed E-state index contributed by atoms with van der Waals surface area (Å²) in [5, 5.41) is 19.8. The lowest BCUT2D eigenvalue weighted by Gasteiger charge is -2.32. The van der Waals surface area contributed by atoms with E-state index in [-0.39, 0.29) is 6.79 Å². The fourth-order valence-electron chi connectivity index (χ4n) is 1.48. The van der Waals surface area contributed by atoms with E-state index in [1.165, 1.54) is 6.08 Å². The van der Waals surface area contributed by atoms with Crippen molar-refractivity contribution in [2.24, 2.45) is 5.41 Å². The van der Waals surface area contributed by atoms with Crippen molar-refractivity contribution in [2.45, 2.75) is 26.6 Å². The minimum absolute atomic E-state index is 0.231. The molecule has 0 amide bonds. The zero-order valence-corrected chi connectivity index (χ0v) is 10.8. The molecule has 0 saturated carbocycles. The summed E-state index contributed by atoms with van der Waals surface area (Å²) in [4.78, 5) is 0. The fraction of sp³-hybridized carbons (Fsp3) is 0.429. The van der Waals surface area contributed by atoms with E-state index in [0.29, 0.717) is 11.5 Å². The van der Waals surface area contributed by atoms with Crippen LogP contribution < -0.4 is 9.47 Å². The monoisotopic (exact) mass is 250 g/mol. The average molecular weight is 250 g/mol. The first kappa shape index (κ1) is 12.9. The van der Waals surface area contributed by atoms with Crippen molar-refractivity contribution < 1.29 is 19.7 Å². The van der Waals surface area contributed by atoms with Crippen molar-refractivity contribution in [1.82, 2.24) is 0 Å². The first-order valence-corrected chi connectivity index (χ1v) is 5.83. The van der Waals surface area contributed by atoms with E-state index >= 15 is 0 Å². The van der Waals surface area contributed by atoms with Gasteiger partial charge in [0.05, 0.1) is 0 Å². The van der Waals surface area contributed by atoms with Gasteiger partial charge in [-0.15, -0.1) is 0 Å². The van der Waals surface area contributed by atoms with Gasteiger partial charge in [0, 0.05) is 5.41 Å². The molecule has 0 spiro atoms. The lowest BCUT2D eigenvalue weighted by molar-refractivity contribution is -0.187. The quantitative estimate of drug-likeness (QED) is 0.790. The Morgan fingerprint density at radius 3 is 2.44 bits per heavy atom. The molecule has 0 aromatic heterocycles. The van der Waals surface area contributed by atoms with Gasteiger partial charge in [0.2, 0.25) is 6.79 Å². The molecule has 98 valence electrons. The largest absolute Gasteiger partial charge is 0.454 e. The van der Waals surface area contributed by atoms with Gasteiger partial charge < -0.3 is 19.7 Å². The lowest BCUT2D eigenvalue weighted by atomic mass is 9.85. The SMILES string of the molecule is CC(C)(C)C(O)(O)/C=C/c1ccc2c(c1)OCO2. The second-order valence-electron chi connectivity index (χ2n) is 5.42. The van der Waals surface area contributed by atoms with Crippen molar-refractivity contribution in [2.75, 3.05) is 6.79 Å². The van der Waals surface area contributed by atoms with Gasteiger partial charge in [-0.25, -0.2) is 0 Å². The third-order valence-electron chi connectivity index (χ3n) is 3.01. The predicted octanol–water partition coefficient (Wildman–Crippen LogP) is 2.16. The predicted molar refractivity (Wildman–Crippen MR) is 68.2 cm³/mol.